The molecule has 27 heavy (non-hydrogen) atoms. The average molecular weight is 375 g/mol. The van der Waals surface area contributed by atoms with Crippen LogP contribution in [-0.4, -0.2) is 48.5 Å². The zero-order valence-corrected chi connectivity index (χ0v) is 16.5. The Labute approximate surface area is 160 Å². The summed E-state index contributed by atoms with van der Waals surface area (Å²) in [5.41, 5.74) is 0.495. The first-order valence-electron chi connectivity index (χ1n) is 9.34. The van der Waals surface area contributed by atoms with E-state index in [1.807, 2.05) is 25.1 Å². The summed E-state index contributed by atoms with van der Waals surface area (Å²) in [6.07, 6.45) is 0.959. The predicted molar refractivity (Wildman–Crippen MR) is 103 cm³/mol. The number of nitrogens with zero attached hydrogens (tertiary/aromatic N) is 1. The smallest absolute Gasteiger partial charge is 0.409 e. The Kier molecular flexibility index (Phi) is 6.82. The minimum absolute atomic E-state index is 0.0609. The van der Waals surface area contributed by atoms with Crippen LogP contribution in [-0.2, 0) is 14.3 Å². The van der Waals surface area contributed by atoms with Gasteiger partial charge in [0.15, 0.2) is 0 Å². The van der Waals surface area contributed by atoms with Gasteiger partial charge in [-0.25, -0.2) is 4.79 Å². The van der Waals surface area contributed by atoms with Gasteiger partial charge >= 0.3 is 6.09 Å². The number of carbonyl (C=O) groups excluding carboxylic acids is 3. The lowest BCUT2D eigenvalue weighted by Crippen LogP contribution is -2.52. The first-order chi connectivity index (χ1) is 12.7. The van der Waals surface area contributed by atoms with E-state index < -0.39 is 5.41 Å². The Bertz CT molecular complexity index is 694. The van der Waals surface area contributed by atoms with Gasteiger partial charge in [0.05, 0.1) is 6.61 Å². The second-order valence-corrected chi connectivity index (χ2v) is 7.38. The van der Waals surface area contributed by atoms with Gasteiger partial charge in [-0.05, 0) is 58.2 Å². The van der Waals surface area contributed by atoms with Crippen LogP contribution in [0.25, 0.3) is 0 Å². The van der Waals surface area contributed by atoms with E-state index in [1.165, 1.54) is 0 Å². The fraction of sp³-hybridized carbons (Fsp3) is 0.550. The Morgan fingerprint density at radius 3 is 2.44 bits per heavy atom. The van der Waals surface area contributed by atoms with Crippen molar-refractivity contribution in [2.24, 2.45) is 5.41 Å². The first kappa shape index (κ1) is 20.7. The maximum atomic E-state index is 12.7. The van der Waals surface area contributed by atoms with Gasteiger partial charge in [-0.15, -0.1) is 0 Å². The van der Waals surface area contributed by atoms with E-state index in [4.69, 9.17) is 4.74 Å². The molecule has 2 N–H and O–H groups in total. The minimum atomic E-state index is -1.21. The van der Waals surface area contributed by atoms with Crippen LogP contribution in [0.3, 0.4) is 0 Å². The molecular formula is C20H29N3O4. The molecule has 1 aliphatic heterocycles. The molecular weight excluding hydrogens is 346 g/mol. The van der Waals surface area contributed by atoms with Crippen molar-refractivity contribution in [2.45, 2.75) is 46.6 Å². The number of nitrogens with one attached hydrogen (secondary N) is 2. The molecule has 3 amide bonds. The maximum Gasteiger partial charge on any atom is 0.409 e. The highest BCUT2D eigenvalue weighted by Gasteiger charge is 2.37. The number of aryl methyl sites for hydroxylation is 1. The highest BCUT2D eigenvalue weighted by Crippen LogP contribution is 2.21. The van der Waals surface area contributed by atoms with Crippen LogP contribution in [0.1, 0.15) is 39.2 Å². The molecule has 0 unspecified atom stereocenters. The Morgan fingerprint density at radius 2 is 1.85 bits per heavy atom. The van der Waals surface area contributed by atoms with Crippen molar-refractivity contribution in [1.82, 2.24) is 10.2 Å². The predicted octanol–water partition coefficient (Wildman–Crippen LogP) is 2.70. The van der Waals surface area contributed by atoms with Crippen molar-refractivity contribution in [3.05, 3.63) is 29.8 Å². The molecule has 0 aliphatic carbocycles. The van der Waals surface area contributed by atoms with Crippen molar-refractivity contribution < 1.29 is 19.1 Å². The highest BCUT2D eigenvalue weighted by molar-refractivity contribution is 6.09. The van der Waals surface area contributed by atoms with Crippen LogP contribution in [0.4, 0.5) is 10.5 Å². The number of carbonyl (C=O) groups is 3. The van der Waals surface area contributed by atoms with Crippen LogP contribution in [0.5, 0.6) is 0 Å². The maximum absolute atomic E-state index is 12.7. The fourth-order valence-corrected chi connectivity index (χ4v) is 2.90. The number of hydrogen-bond donors (Lipinski definition) is 2. The lowest BCUT2D eigenvalue weighted by molar-refractivity contribution is -0.139. The molecule has 2 rings (SSSR count). The van der Waals surface area contributed by atoms with Crippen LogP contribution in [0.2, 0.25) is 0 Å². The molecule has 1 aromatic rings. The van der Waals surface area contributed by atoms with Gasteiger partial charge in [0.2, 0.25) is 11.8 Å². The molecule has 0 aromatic heterocycles. The second kappa shape index (κ2) is 8.88. The lowest BCUT2D eigenvalue weighted by Gasteiger charge is -2.33. The molecule has 1 aliphatic rings. The number of ether oxygens (including phenoxy) is 1. The standard InChI is InChI=1S/C20H29N3O4/c1-5-27-19(26)23-11-9-15(10-12-23)21-17(24)20(3,4)18(25)22-16-8-6-7-14(2)13-16/h6-8,13,15H,5,9-12H2,1-4H3,(H,21,24)(H,22,25). The molecule has 7 nitrogen and oxygen atoms in total. The molecule has 0 spiro atoms. The van der Waals surface area contributed by atoms with Crippen molar-refractivity contribution in [3.63, 3.8) is 0 Å². The van der Waals surface area contributed by atoms with Crippen molar-refractivity contribution >= 4 is 23.6 Å². The number of rotatable bonds is 5. The van der Waals surface area contributed by atoms with Gasteiger partial charge in [0.1, 0.15) is 5.41 Å². The van der Waals surface area contributed by atoms with Crippen molar-refractivity contribution in [3.8, 4) is 0 Å². The monoisotopic (exact) mass is 375 g/mol. The summed E-state index contributed by atoms with van der Waals surface area (Å²) < 4.78 is 5.00. The van der Waals surface area contributed by atoms with E-state index in [0.717, 1.165) is 5.56 Å². The van der Waals surface area contributed by atoms with E-state index in [1.54, 1.807) is 31.7 Å². The molecule has 0 saturated carbocycles. The summed E-state index contributed by atoms with van der Waals surface area (Å²) in [4.78, 5) is 38.6. The van der Waals surface area contributed by atoms with Crippen LogP contribution >= 0.6 is 0 Å². The quantitative estimate of drug-likeness (QED) is 0.775. The topological polar surface area (TPSA) is 87.7 Å². The molecule has 0 atom stereocenters. The zero-order chi connectivity index (χ0) is 20.0. The Morgan fingerprint density at radius 1 is 1.19 bits per heavy atom. The van der Waals surface area contributed by atoms with E-state index in [0.29, 0.717) is 38.2 Å². The van der Waals surface area contributed by atoms with Crippen molar-refractivity contribution in [1.29, 1.82) is 0 Å². The van der Waals surface area contributed by atoms with Crippen molar-refractivity contribution in [2.75, 3.05) is 25.0 Å². The summed E-state index contributed by atoms with van der Waals surface area (Å²) in [6.45, 7) is 8.34. The van der Waals surface area contributed by atoms with Crippen LogP contribution in [0.15, 0.2) is 24.3 Å². The first-order valence-corrected chi connectivity index (χ1v) is 9.34. The fourth-order valence-electron chi connectivity index (χ4n) is 2.90. The normalized spacial score (nSPS) is 15.2. The third-order valence-corrected chi connectivity index (χ3v) is 4.77. The number of anilines is 1. The summed E-state index contributed by atoms with van der Waals surface area (Å²) in [6, 6.07) is 7.39. The lowest BCUT2D eigenvalue weighted by atomic mass is 9.90. The van der Waals surface area contributed by atoms with Crippen LogP contribution < -0.4 is 10.6 Å². The van der Waals surface area contributed by atoms with E-state index in [-0.39, 0.29) is 23.9 Å². The Balaban J connectivity index is 1.88. The largest absolute Gasteiger partial charge is 0.450 e. The Hall–Kier alpha value is -2.57. The molecule has 1 fully saturated rings. The number of hydrogen-bond acceptors (Lipinski definition) is 4. The summed E-state index contributed by atoms with van der Waals surface area (Å²) in [5, 5.41) is 5.76. The molecule has 1 aromatic carbocycles. The summed E-state index contributed by atoms with van der Waals surface area (Å²) >= 11 is 0. The summed E-state index contributed by atoms with van der Waals surface area (Å²) in [7, 11) is 0. The second-order valence-electron chi connectivity index (χ2n) is 7.38. The average Bonchev–Trinajstić information content (AvgIpc) is 2.62. The van der Waals surface area contributed by atoms with Gasteiger partial charge in [-0.2, -0.15) is 0 Å². The van der Waals surface area contributed by atoms with Gasteiger partial charge in [-0.3, -0.25) is 9.59 Å². The van der Waals surface area contributed by atoms with Gasteiger partial charge in [-0.1, -0.05) is 12.1 Å². The van der Waals surface area contributed by atoms with Gasteiger partial charge < -0.3 is 20.3 Å². The van der Waals surface area contributed by atoms with E-state index in [9.17, 15) is 14.4 Å². The number of benzene rings is 1. The minimum Gasteiger partial charge on any atom is -0.450 e. The molecule has 0 radical (unpaired) electrons. The van der Waals surface area contributed by atoms with Gasteiger partial charge in [0.25, 0.3) is 0 Å². The molecule has 1 heterocycles. The SMILES string of the molecule is CCOC(=O)N1CCC(NC(=O)C(C)(C)C(=O)Nc2cccc(C)c2)CC1. The van der Waals surface area contributed by atoms with Gasteiger partial charge in [0, 0.05) is 24.8 Å². The van der Waals surface area contributed by atoms with E-state index in [2.05, 4.69) is 10.6 Å². The van der Waals surface area contributed by atoms with E-state index >= 15 is 0 Å². The number of piperidine rings is 1. The zero-order valence-electron chi connectivity index (χ0n) is 16.5. The summed E-state index contributed by atoms with van der Waals surface area (Å²) in [5.74, 6) is -0.670. The van der Waals surface area contributed by atoms with Crippen LogP contribution in [0, 0.1) is 12.3 Å². The molecule has 1 saturated heterocycles. The molecule has 0 bridgehead atoms. The third kappa shape index (κ3) is 5.45. The number of likely N-dealkylation sites (tertiary alicyclic amines) is 1. The number of amides is 3. The molecule has 7 heteroatoms. The molecule has 148 valence electrons. The highest BCUT2D eigenvalue weighted by atomic mass is 16.6. The third-order valence-electron chi connectivity index (χ3n) is 4.77.